The van der Waals surface area contributed by atoms with E-state index in [1.54, 1.807) is 0 Å². The van der Waals surface area contributed by atoms with Crippen molar-refractivity contribution < 1.29 is 23.9 Å². The summed E-state index contributed by atoms with van der Waals surface area (Å²) >= 11 is 1.08. The minimum absolute atomic E-state index is 0.179. The van der Waals surface area contributed by atoms with Gasteiger partial charge in [0.2, 0.25) is 0 Å². The van der Waals surface area contributed by atoms with Gasteiger partial charge in [-0.2, -0.15) is 17.7 Å². The molecule has 7 rings (SSSR count). The molecule has 0 aliphatic heterocycles. The van der Waals surface area contributed by atoms with E-state index in [-0.39, 0.29) is 21.7 Å². The number of benzene rings is 5. The Labute approximate surface area is 341 Å². The van der Waals surface area contributed by atoms with Crippen molar-refractivity contribution in [2.24, 2.45) is 0 Å². The first kappa shape index (κ1) is 41.4. The molecule has 0 N–H and O–H groups in total. The van der Waals surface area contributed by atoms with Crippen molar-refractivity contribution in [2.45, 2.75) is 111 Å². The number of rotatable bonds is 3. The Morgan fingerprint density at radius 3 is 1.26 bits per heavy atom. The molecule has 0 atom stereocenters. The van der Waals surface area contributed by atoms with E-state index >= 15 is 0 Å². The van der Waals surface area contributed by atoms with E-state index in [9.17, 15) is 0 Å². The van der Waals surface area contributed by atoms with Gasteiger partial charge in [0.05, 0.1) is 0 Å². The van der Waals surface area contributed by atoms with Crippen molar-refractivity contribution in [3.63, 3.8) is 0 Å². The maximum atomic E-state index is 3.44. The second-order valence-corrected chi connectivity index (χ2v) is 20.6. The molecule has 0 radical (unpaired) electrons. The average Bonchev–Trinajstić information content (AvgIpc) is 3.79. The van der Waals surface area contributed by atoms with Crippen LogP contribution in [0.5, 0.6) is 0 Å². The van der Waals surface area contributed by atoms with Crippen LogP contribution < -0.4 is 0 Å². The Balaban J connectivity index is 0.000000159. The van der Waals surface area contributed by atoms with Crippen LogP contribution in [0.25, 0.3) is 27.1 Å². The molecule has 0 saturated heterocycles. The van der Waals surface area contributed by atoms with Gasteiger partial charge in [-0.1, -0.05) is 142 Å². The third kappa shape index (κ3) is 10.5. The molecule has 6 aromatic rings. The van der Waals surface area contributed by atoms with Gasteiger partial charge < -0.3 is 0 Å². The maximum absolute atomic E-state index is 3.44. The molecule has 0 heterocycles. The van der Waals surface area contributed by atoms with Crippen LogP contribution in [0, 0.1) is 6.08 Å². The van der Waals surface area contributed by atoms with Crippen LogP contribution in [-0.4, -0.2) is 3.26 Å². The summed E-state index contributed by atoms with van der Waals surface area (Å²) in [6.07, 6.45) is 8.75. The molecular weight excluding hydrogens is 815 g/mol. The molecule has 6 aromatic carbocycles. The first-order valence-corrected chi connectivity index (χ1v) is 21.3. The molecule has 0 saturated carbocycles. The molecule has 54 heavy (non-hydrogen) atoms. The van der Waals surface area contributed by atoms with Gasteiger partial charge in [0.1, 0.15) is 0 Å². The van der Waals surface area contributed by atoms with Crippen molar-refractivity contribution in [2.75, 3.05) is 0 Å². The van der Waals surface area contributed by atoms with Gasteiger partial charge in [-0.3, -0.25) is 0 Å². The zero-order valence-corrected chi connectivity index (χ0v) is 38.5. The first-order valence-electron chi connectivity index (χ1n) is 19.5. The van der Waals surface area contributed by atoms with Gasteiger partial charge in [0, 0.05) is 0 Å². The van der Waals surface area contributed by atoms with Crippen LogP contribution in [0.1, 0.15) is 128 Å². The van der Waals surface area contributed by atoms with E-state index in [2.05, 4.69) is 223 Å². The van der Waals surface area contributed by atoms with Crippen LogP contribution in [-0.2, 0) is 45.6 Å². The molecule has 1 heteroatoms. The Bertz CT molecular complexity index is 2120. The molecule has 0 nitrogen and oxygen atoms in total. The van der Waals surface area contributed by atoms with Gasteiger partial charge >= 0.3 is 98.9 Å². The third-order valence-corrected chi connectivity index (χ3v) is 12.3. The standard InChI is InChI=1S/C21H25.C19H25.C13H10.Hf/c1-20(2,3)16-7-9-18-14(12-16)11-15-13-17(21(4,5)6)8-10-19(15)18;1-18(2,3)16-11-15(14-9-7-8-10-14)12-17(13-16)19(4,5)6;1-3-7-12(8-4-1)11-13-9-5-2-6-10-13;/h7-13H,1-6H3;7,9,11-13H,8H2,1-6H3;1-10H;/q2*-1;;+2. The van der Waals surface area contributed by atoms with Crippen LogP contribution in [0.15, 0.2) is 133 Å². The Kier molecular flexibility index (Phi) is 12.6. The number of fused-ring (bicyclic) bond motifs is 3. The molecule has 1 aliphatic carbocycles. The molecule has 0 aromatic heterocycles. The van der Waals surface area contributed by atoms with Crippen molar-refractivity contribution in [3.05, 3.63) is 178 Å². The fourth-order valence-corrected chi connectivity index (χ4v) is 7.78. The third-order valence-electron chi connectivity index (χ3n) is 10.2. The molecular formula is C53H60Hf. The van der Waals surface area contributed by atoms with E-state index in [1.807, 2.05) is 0 Å². The quantitative estimate of drug-likeness (QED) is 0.123. The zero-order valence-electron chi connectivity index (χ0n) is 34.9. The van der Waals surface area contributed by atoms with E-state index in [0.717, 1.165) is 30.3 Å². The zero-order chi connectivity index (χ0) is 39.5. The summed E-state index contributed by atoms with van der Waals surface area (Å²) in [5.74, 6) is 0. The molecule has 0 fully saturated rings. The summed E-state index contributed by atoms with van der Waals surface area (Å²) in [6, 6.07) is 44.4. The van der Waals surface area contributed by atoms with E-state index in [0.29, 0.717) is 0 Å². The first-order chi connectivity index (χ1) is 25.2. The molecule has 0 unspecified atom stereocenters. The summed E-state index contributed by atoms with van der Waals surface area (Å²) in [5.41, 5.74) is 11.6. The Morgan fingerprint density at radius 2 is 0.907 bits per heavy atom. The van der Waals surface area contributed by atoms with Gasteiger partial charge in [0.15, 0.2) is 0 Å². The molecule has 0 spiro atoms. The van der Waals surface area contributed by atoms with Gasteiger partial charge in [-0.25, -0.2) is 0 Å². The summed E-state index contributed by atoms with van der Waals surface area (Å²) < 4.78 is 1.46. The number of allylic oxidation sites excluding steroid dienone is 4. The van der Waals surface area contributed by atoms with E-state index < -0.39 is 0 Å². The molecule has 276 valence electrons. The monoisotopic (exact) mass is 876 g/mol. The van der Waals surface area contributed by atoms with Crippen molar-refractivity contribution >= 4 is 30.4 Å². The van der Waals surface area contributed by atoms with Gasteiger partial charge in [-0.05, 0) is 21.7 Å². The second kappa shape index (κ2) is 16.5. The van der Waals surface area contributed by atoms with E-state index in [1.165, 1.54) is 69.3 Å². The summed E-state index contributed by atoms with van der Waals surface area (Å²) in [4.78, 5) is 0. The van der Waals surface area contributed by atoms with E-state index in [4.69, 9.17) is 0 Å². The SMILES string of the molecule is CC(C)(C)c1cc(C2=[C-]CC=C2)cc(C(C)(C)C)c1.CC(C)(C)c1ccc2c(c1)[cH-]c1cc(C(C)(C)C)ccc12.[Hf+2]=[C](c1ccccc1)c1ccccc1. The summed E-state index contributed by atoms with van der Waals surface area (Å²) in [6.45, 7) is 27.3. The Morgan fingerprint density at radius 1 is 0.500 bits per heavy atom. The average molecular weight is 876 g/mol. The Hall–Kier alpha value is -3.81. The minimum atomic E-state index is 0.179. The second-order valence-electron chi connectivity index (χ2n) is 18.9. The summed E-state index contributed by atoms with van der Waals surface area (Å²) in [5, 5.41) is 5.48. The molecule has 0 amide bonds. The number of hydrogen-bond acceptors (Lipinski definition) is 0. The van der Waals surface area contributed by atoms with Crippen molar-refractivity contribution in [1.29, 1.82) is 0 Å². The topological polar surface area (TPSA) is 0 Å². The number of hydrogen-bond donors (Lipinski definition) is 0. The van der Waals surface area contributed by atoms with Crippen LogP contribution >= 0.6 is 0 Å². The molecule has 0 bridgehead atoms. The van der Waals surface area contributed by atoms with Crippen LogP contribution in [0.4, 0.5) is 0 Å². The predicted octanol–water partition coefficient (Wildman–Crippen LogP) is 14.5. The predicted molar refractivity (Wildman–Crippen MR) is 235 cm³/mol. The summed E-state index contributed by atoms with van der Waals surface area (Å²) in [7, 11) is 0. The molecule has 1 aliphatic rings. The normalized spacial score (nSPS) is 13.3. The fraction of sp³-hybridized carbons (Fsp3) is 0.321. The van der Waals surface area contributed by atoms with Gasteiger partial charge in [0.25, 0.3) is 0 Å². The fourth-order valence-electron chi connectivity index (χ4n) is 6.58. The van der Waals surface area contributed by atoms with Crippen LogP contribution in [0.2, 0.25) is 0 Å². The van der Waals surface area contributed by atoms with Crippen molar-refractivity contribution in [1.82, 2.24) is 0 Å². The van der Waals surface area contributed by atoms with Gasteiger partial charge in [-0.15, -0.1) is 63.5 Å². The van der Waals surface area contributed by atoms with Crippen LogP contribution in [0.3, 0.4) is 0 Å². The van der Waals surface area contributed by atoms with Crippen molar-refractivity contribution in [3.8, 4) is 0 Å².